The van der Waals surface area contributed by atoms with E-state index in [9.17, 15) is 19.7 Å². The average Bonchev–Trinajstić information content (AvgIpc) is 3.11. The van der Waals surface area contributed by atoms with Crippen molar-refractivity contribution in [2.45, 2.75) is 13.2 Å². The van der Waals surface area contributed by atoms with Gasteiger partial charge in [-0.25, -0.2) is 0 Å². The Kier molecular flexibility index (Phi) is 7.38. The van der Waals surface area contributed by atoms with E-state index in [1.54, 1.807) is 36.4 Å². The first kappa shape index (κ1) is 24.3. The van der Waals surface area contributed by atoms with Gasteiger partial charge in [0.15, 0.2) is 11.5 Å². The Morgan fingerprint density at radius 1 is 1.00 bits per heavy atom. The first-order chi connectivity index (χ1) is 16.8. The number of thioether (sulfide) groups is 1. The minimum atomic E-state index is -0.505. The predicted molar refractivity (Wildman–Crippen MR) is 133 cm³/mol. The van der Waals surface area contributed by atoms with Crippen LogP contribution in [-0.2, 0) is 17.9 Å². The maximum Gasteiger partial charge on any atom is 0.293 e. The second kappa shape index (κ2) is 10.6. The van der Waals surface area contributed by atoms with Gasteiger partial charge in [0.2, 0.25) is 0 Å². The number of methoxy groups -OCH3 is 1. The van der Waals surface area contributed by atoms with Crippen molar-refractivity contribution in [1.29, 1.82) is 0 Å². The van der Waals surface area contributed by atoms with Crippen LogP contribution in [0.3, 0.4) is 0 Å². The van der Waals surface area contributed by atoms with Gasteiger partial charge in [-0.15, -0.1) is 0 Å². The molecular weight excluding hydrogens is 492 g/mol. The first-order valence-electron chi connectivity index (χ1n) is 10.4. The molecule has 8 nitrogen and oxygen atoms in total. The number of nitro groups is 1. The Bertz CT molecular complexity index is 1310. The Morgan fingerprint density at radius 2 is 1.69 bits per heavy atom. The Labute approximate surface area is 210 Å². The minimum absolute atomic E-state index is 0.0286. The van der Waals surface area contributed by atoms with Crippen LogP contribution in [-0.4, -0.2) is 28.1 Å². The molecule has 0 radical (unpaired) electrons. The van der Waals surface area contributed by atoms with Gasteiger partial charge in [-0.1, -0.05) is 41.9 Å². The Balaban J connectivity index is 1.46. The molecule has 1 saturated heterocycles. The molecule has 1 heterocycles. The third-order valence-electron chi connectivity index (χ3n) is 5.15. The number of amides is 2. The number of carbonyl (C=O) groups is 2. The van der Waals surface area contributed by atoms with E-state index >= 15 is 0 Å². The molecule has 0 N–H and O–H groups in total. The molecule has 10 heteroatoms. The van der Waals surface area contributed by atoms with Gasteiger partial charge in [0.25, 0.3) is 16.8 Å². The summed E-state index contributed by atoms with van der Waals surface area (Å²) in [7, 11) is 1.52. The van der Waals surface area contributed by atoms with Crippen LogP contribution < -0.4 is 9.47 Å². The molecule has 1 aliphatic heterocycles. The molecule has 0 atom stereocenters. The van der Waals surface area contributed by atoms with E-state index in [4.69, 9.17) is 21.1 Å². The van der Waals surface area contributed by atoms with Crippen LogP contribution in [0, 0.1) is 10.1 Å². The van der Waals surface area contributed by atoms with Crippen molar-refractivity contribution in [3.8, 4) is 11.5 Å². The third kappa shape index (κ3) is 5.82. The zero-order valence-corrected chi connectivity index (χ0v) is 20.0. The topological polar surface area (TPSA) is 99.0 Å². The molecule has 3 aromatic rings. The van der Waals surface area contributed by atoms with Gasteiger partial charge in [0, 0.05) is 17.2 Å². The van der Waals surface area contributed by atoms with Gasteiger partial charge >= 0.3 is 0 Å². The van der Waals surface area contributed by atoms with Crippen LogP contribution in [0.5, 0.6) is 11.5 Å². The Morgan fingerprint density at radius 3 is 2.34 bits per heavy atom. The highest BCUT2D eigenvalue weighted by molar-refractivity contribution is 8.18. The van der Waals surface area contributed by atoms with Crippen LogP contribution in [0.4, 0.5) is 10.5 Å². The fourth-order valence-electron chi connectivity index (χ4n) is 3.33. The van der Waals surface area contributed by atoms with Gasteiger partial charge in [-0.05, 0) is 58.8 Å². The molecular formula is C25H19ClN2O6S. The summed E-state index contributed by atoms with van der Waals surface area (Å²) in [6, 6.07) is 18.3. The van der Waals surface area contributed by atoms with Crippen molar-refractivity contribution < 1.29 is 24.0 Å². The van der Waals surface area contributed by atoms with Crippen molar-refractivity contribution in [1.82, 2.24) is 4.90 Å². The van der Waals surface area contributed by atoms with Crippen LogP contribution in [0.15, 0.2) is 71.6 Å². The van der Waals surface area contributed by atoms with Crippen LogP contribution in [0.1, 0.15) is 16.7 Å². The molecule has 0 aliphatic carbocycles. The normalized spacial score (nSPS) is 14.5. The van der Waals surface area contributed by atoms with Crippen molar-refractivity contribution in [2.24, 2.45) is 0 Å². The van der Waals surface area contributed by atoms with Gasteiger partial charge < -0.3 is 9.47 Å². The molecule has 35 heavy (non-hydrogen) atoms. The molecule has 2 amide bonds. The predicted octanol–water partition coefficient (Wildman–Crippen LogP) is 6.07. The highest BCUT2D eigenvalue weighted by Crippen LogP contribution is 2.35. The van der Waals surface area contributed by atoms with E-state index in [1.165, 1.54) is 31.4 Å². The van der Waals surface area contributed by atoms with Crippen molar-refractivity contribution in [2.75, 3.05) is 7.11 Å². The fourth-order valence-corrected chi connectivity index (χ4v) is 4.29. The number of carbonyl (C=O) groups excluding carboxylic acids is 2. The molecule has 1 fully saturated rings. The van der Waals surface area contributed by atoms with Crippen LogP contribution in [0.2, 0.25) is 5.02 Å². The van der Waals surface area contributed by atoms with Crippen molar-refractivity contribution in [3.63, 3.8) is 0 Å². The second-order valence-electron chi connectivity index (χ2n) is 7.52. The number of nitro benzene ring substituents is 1. The van der Waals surface area contributed by atoms with E-state index in [2.05, 4.69) is 0 Å². The van der Waals surface area contributed by atoms with Gasteiger partial charge in [0.05, 0.1) is 23.5 Å². The lowest BCUT2D eigenvalue weighted by atomic mass is 10.1. The minimum Gasteiger partial charge on any atom is -0.493 e. The molecule has 4 rings (SSSR count). The molecule has 0 spiro atoms. The smallest absolute Gasteiger partial charge is 0.293 e. The number of benzene rings is 3. The molecule has 3 aromatic carbocycles. The molecule has 178 valence electrons. The lowest BCUT2D eigenvalue weighted by Crippen LogP contribution is -2.27. The van der Waals surface area contributed by atoms with Crippen LogP contribution >= 0.6 is 23.4 Å². The summed E-state index contributed by atoms with van der Waals surface area (Å²) in [4.78, 5) is 37.0. The quantitative estimate of drug-likeness (QED) is 0.206. The third-order valence-corrected chi connectivity index (χ3v) is 6.31. The fraction of sp³-hybridized carbons (Fsp3) is 0.120. The largest absolute Gasteiger partial charge is 0.493 e. The van der Waals surface area contributed by atoms with E-state index < -0.39 is 16.1 Å². The maximum atomic E-state index is 12.8. The summed E-state index contributed by atoms with van der Waals surface area (Å²) in [6.45, 7) is 0.356. The van der Waals surface area contributed by atoms with E-state index in [1.807, 2.05) is 12.1 Å². The molecule has 0 saturated carbocycles. The highest BCUT2D eigenvalue weighted by Gasteiger charge is 2.35. The van der Waals surface area contributed by atoms with E-state index in [-0.39, 0.29) is 17.1 Å². The number of hydrogen-bond donors (Lipinski definition) is 0. The van der Waals surface area contributed by atoms with Crippen LogP contribution in [0.25, 0.3) is 6.08 Å². The maximum absolute atomic E-state index is 12.8. The molecule has 0 unspecified atom stereocenters. The average molecular weight is 511 g/mol. The Hall–Kier alpha value is -3.82. The number of nitrogens with zero attached hydrogens (tertiary/aromatic N) is 2. The molecule has 1 aliphatic rings. The zero-order valence-electron chi connectivity index (χ0n) is 18.5. The molecule has 0 bridgehead atoms. The number of non-ortho nitro benzene ring substituents is 1. The summed E-state index contributed by atoms with van der Waals surface area (Å²) in [6.07, 6.45) is 1.62. The highest BCUT2D eigenvalue weighted by atomic mass is 35.5. The lowest BCUT2D eigenvalue weighted by Gasteiger charge is -2.12. The zero-order chi connectivity index (χ0) is 24.9. The number of ether oxygens (including phenoxy) is 2. The second-order valence-corrected chi connectivity index (χ2v) is 8.95. The van der Waals surface area contributed by atoms with Crippen molar-refractivity contribution >= 4 is 46.3 Å². The number of hydrogen-bond acceptors (Lipinski definition) is 7. The number of imide groups is 1. The SMILES string of the molecule is COc1cc(/C=C2/SC(=O)N(Cc3ccc([N+](=O)[O-])cc3)C2=O)ccc1OCc1ccc(Cl)cc1. The number of halogens is 1. The monoisotopic (exact) mass is 510 g/mol. The summed E-state index contributed by atoms with van der Waals surface area (Å²) >= 11 is 6.75. The summed E-state index contributed by atoms with van der Waals surface area (Å²) in [5.41, 5.74) is 2.17. The van der Waals surface area contributed by atoms with Gasteiger partial charge in [-0.3, -0.25) is 24.6 Å². The van der Waals surface area contributed by atoms with Gasteiger partial charge in [0.1, 0.15) is 6.61 Å². The van der Waals surface area contributed by atoms with E-state index in [0.29, 0.717) is 34.3 Å². The summed E-state index contributed by atoms with van der Waals surface area (Å²) in [5.74, 6) is 0.587. The van der Waals surface area contributed by atoms with Crippen molar-refractivity contribution in [3.05, 3.63) is 103 Å². The summed E-state index contributed by atoms with van der Waals surface area (Å²) in [5, 5.41) is 11.1. The van der Waals surface area contributed by atoms with Gasteiger partial charge in [-0.2, -0.15) is 0 Å². The lowest BCUT2D eigenvalue weighted by molar-refractivity contribution is -0.384. The first-order valence-corrected chi connectivity index (χ1v) is 11.6. The number of rotatable bonds is 8. The standard InChI is InChI=1S/C25H19ClN2O6S/c1-33-22-12-18(6-11-21(22)34-15-17-2-7-19(26)8-3-17)13-23-24(29)27(25(30)35-23)14-16-4-9-20(10-5-16)28(31)32/h2-13H,14-15H2,1H3/b23-13+. The summed E-state index contributed by atoms with van der Waals surface area (Å²) < 4.78 is 11.3. The molecule has 0 aromatic heterocycles. The van der Waals surface area contributed by atoms with E-state index in [0.717, 1.165) is 22.2 Å².